The van der Waals surface area contributed by atoms with E-state index in [-0.39, 0.29) is 12.3 Å². The molecule has 0 aromatic heterocycles. The average molecular weight is 265 g/mol. The predicted octanol–water partition coefficient (Wildman–Crippen LogP) is 4.16. The number of unbranched alkanes of at least 4 members (excludes halogenated alkanes) is 8. The summed E-state index contributed by atoms with van der Waals surface area (Å²) < 4.78 is 0. The summed E-state index contributed by atoms with van der Waals surface area (Å²) in [6.07, 6.45) is 13.2. The van der Waals surface area contributed by atoms with Crippen LogP contribution in [0, 0.1) is 0 Å². The Hall–Kier alpha value is -0.160. The molecule has 4 heteroatoms. The quantitative estimate of drug-likeness (QED) is 0.442. The molecule has 10 N–H and O–H groups in total. The molecule has 0 rings (SSSR count). The second-order valence-corrected chi connectivity index (χ2v) is 4.41. The highest BCUT2D eigenvalue weighted by atomic mass is 14.5. The van der Waals surface area contributed by atoms with Crippen molar-refractivity contribution in [2.24, 2.45) is 11.5 Å². The van der Waals surface area contributed by atoms with Gasteiger partial charge in [0, 0.05) is 0 Å². The Labute approximate surface area is 115 Å². The van der Waals surface area contributed by atoms with Crippen LogP contribution in [0.3, 0.4) is 0 Å². The van der Waals surface area contributed by atoms with Gasteiger partial charge in [-0.05, 0) is 25.9 Å². The van der Waals surface area contributed by atoms with Crippen LogP contribution in [0.2, 0.25) is 0 Å². The first kappa shape index (κ1) is 26.4. The molecular weight excluding hydrogens is 224 g/mol. The van der Waals surface area contributed by atoms with Crippen LogP contribution in [0.25, 0.3) is 0 Å². The molecule has 0 fully saturated rings. The minimum atomic E-state index is 0. The molecule has 0 unspecified atom stereocenters. The molecule has 0 saturated heterocycles. The van der Waals surface area contributed by atoms with Crippen molar-refractivity contribution in [3.63, 3.8) is 0 Å². The smallest absolute Gasteiger partial charge is 0.00773 e. The molecule has 0 aliphatic rings. The minimum absolute atomic E-state index is 0. The van der Waals surface area contributed by atoms with Crippen LogP contribution >= 0.6 is 0 Å². The van der Waals surface area contributed by atoms with Gasteiger partial charge in [-0.2, -0.15) is 0 Å². The van der Waals surface area contributed by atoms with Gasteiger partial charge in [0.05, 0.1) is 0 Å². The van der Waals surface area contributed by atoms with Gasteiger partial charge in [0.25, 0.3) is 0 Å². The van der Waals surface area contributed by atoms with Gasteiger partial charge < -0.3 is 23.8 Å². The summed E-state index contributed by atoms with van der Waals surface area (Å²) in [5, 5.41) is 0. The summed E-state index contributed by atoms with van der Waals surface area (Å²) in [6.45, 7) is 6.18. The Balaban J connectivity index is -0.0000000980. The number of rotatable bonds is 10. The van der Waals surface area contributed by atoms with Crippen molar-refractivity contribution < 1.29 is 0 Å². The lowest BCUT2D eigenvalue weighted by Gasteiger charge is -1.93. The summed E-state index contributed by atoms with van der Waals surface area (Å²) in [5.74, 6) is 0. The topological polar surface area (TPSA) is 122 Å². The molecular formula is C14H40N4. The largest absolute Gasteiger partial charge is 0.344 e. The van der Waals surface area contributed by atoms with Gasteiger partial charge in [-0.25, -0.2) is 0 Å². The predicted molar refractivity (Wildman–Crippen MR) is 85.7 cm³/mol. The van der Waals surface area contributed by atoms with E-state index in [1.54, 1.807) is 0 Å². The molecule has 0 heterocycles. The van der Waals surface area contributed by atoms with Crippen molar-refractivity contribution in [1.29, 1.82) is 0 Å². The van der Waals surface area contributed by atoms with Crippen LogP contribution in [0.5, 0.6) is 0 Å². The minimum Gasteiger partial charge on any atom is -0.344 e. The van der Waals surface area contributed by atoms with E-state index in [2.05, 4.69) is 13.8 Å². The molecule has 0 saturated carbocycles. The van der Waals surface area contributed by atoms with Crippen molar-refractivity contribution in [2.45, 2.75) is 78.1 Å². The van der Waals surface area contributed by atoms with Crippen molar-refractivity contribution in [2.75, 3.05) is 13.1 Å². The Bertz CT molecular complexity index is 75.8. The molecule has 0 aromatic carbocycles. The van der Waals surface area contributed by atoms with Crippen molar-refractivity contribution in [1.82, 2.24) is 12.3 Å². The molecule has 116 valence electrons. The van der Waals surface area contributed by atoms with E-state index in [0.29, 0.717) is 0 Å². The van der Waals surface area contributed by atoms with Crippen LogP contribution in [0.4, 0.5) is 0 Å². The summed E-state index contributed by atoms with van der Waals surface area (Å²) in [4.78, 5) is 0. The van der Waals surface area contributed by atoms with E-state index in [1.807, 2.05) is 0 Å². The number of hydrogen-bond acceptors (Lipinski definition) is 4. The Morgan fingerprint density at radius 1 is 0.500 bits per heavy atom. The van der Waals surface area contributed by atoms with Crippen LogP contribution in [-0.2, 0) is 0 Å². The highest BCUT2D eigenvalue weighted by Gasteiger charge is 1.84. The Morgan fingerprint density at radius 2 is 0.778 bits per heavy atom. The zero-order valence-corrected chi connectivity index (χ0v) is 13.1. The Morgan fingerprint density at radius 3 is 1.00 bits per heavy atom. The summed E-state index contributed by atoms with van der Waals surface area (Å²) in [7, 11) is 0. The van der Waals surface area contributed by atoms with E-state index >= 15 is 0 Å². The highest BCUT2D eigenvalue weighted by Crippen LogP contribution is 2.00. The summed E-state index contributed by atoms with van der Waals surface area (Å²) in [5.41, 5.74) is 10.6. The molecule has 0 atom stereocenters. The average Bonchev–Trinajstić information content (AvgIpc) is 2.31. The van der Waals surface area contributed by atoms with Gasteiger partial charge in [0.2, 0.25) is 0 Å². The zero-order chi connectivity index (χ0) is 12.5. The van der Waals surface area contributed by atoms with Crippen molar-refractivity contribution in [3.8, 4) is 0 Å². The third kappa shape index (κ3) is 36.0. The van der Waals surface area contributed by atoms with E-state index in [4.69, 9.17) is 11.5 Å². The fourth-order valence-electron chi connectivity index (χ4n) is 1.50. The van der Waals surface area contributed by atoms with Crippen molar-refractivity contribution >= 4 is 0 Å². The molecule has 0 aliphatic heterocycles. The van der Waals surface area contributed by atoms with E-state index in [0.717, 1.165) is 13.1 Å². The normalized spacial score (nSPS) is 8.67. The maximum Gasteiger partial charge on any atom is -0.00773 e. The van der Waals surface area contributed by atoms with Crippen LogP contribution in [-0.4, -0.2) is 13.1 Å². The zero-order valence-electron chi connectivity index (χ0n) is 13.1. The first-order valence-electron chi connectivity index (χ1n) is 7.23. The lowest BCUT2D eigenvalue weighted by atomic mass is 10.2. The van der Waals surface area contributed by atoms with Crippen LogP contribution < -0.4 is 23.8 Å². The summed E-state index contributed by atoms with van der Waals surface area (Å²) in [6, 6.07) is 0. The monoisotopic (exact) mass is 264 g/mol. The lowest BCUT2D eigenvalue weighted by Crippen LogP contribution is -1.97. The van der Waals surface area contributed by atoms with Crippen LogP contribution in [0.1, 0.15) is 78.1 Å². The van der Waals surface area contributed by atoms with Gasteiger partial charge in [-0.15, -0.1) is 0 Å². The van der Waals surface area contributed by atoms with Crippen molar-refractivity contribution in [3.05, 3.63) is 0 Å². The first-order chi connectivity index (χ1) is 7.83. The Kier molecular flexibility index (Phi) is 44.2. The first-order valence-corrected chi connectivity index (χ1v) is 7.23. The highest BCUT2D eigenvalue weighted by molar-refractivity contribution is 4.42. The SMILES string of the molecule is CCCCCCCN.CCCCCCCN.N.N. The van der Waals surface area contributed by atoms with Gasteiger partial charge in [-0.3, -0.25) is 0 Å². The van der Waals surface area contributed by atoms with Crippen LogP contribution in [0.15, 0.2) is 0 Å². The molecule has 0 spiro atoms. The molecule has 0 amide bonds. The van der Waals surface area contributed by atoms with Gasteiger partial charge in [0.15, 0.2) is 0 Å². The number of nitrogens with two attached hydrogens (primary N) is 2. The molecule has 0 bridgehead atoms. The molecule has 0 aromatic rings. The van der Waals surface area contributed by atoms with E-state index in [1.165, 1.54) is 64.2 Å². The second kappa shape index (κ2) is 30.1. The fraction of sp³-hybridized carbons (Fsp3) is 1.00. The van der Waals surface area contributed by atoms with Gasteiger partial charge in [0.1, 0.15) is 0 Å². The lowest BCUT2D eigenvalue weighted by molar-refractivity contribution is 0.638. The van der Waals surface area contributed by atoms with E-state index in [9.17, 15) is 0 Å². The number of hydrogen-bond donors (Lipinski definition) is 4. The molecule has 18 heavy (non-hydrogen) atoms. The van der Waals surface area contributed by atoms with E-state index < -0.39 is 0 Å². The standard InChI is InChI=1S/2C7H17N.2H3N/c2*1-2-3-4-5-6-7-8;;/h2*2-8H2,1H3;2*1H3. The van der Waals surface area contributed by atoms with Gasteiger partial charge in [-0.1, -0.05) is 65.2 Å². The third-order valence-electron chi connectivity index (χ3n) is 2.62. The van der Waals surface area contributed by atoms with Gasteiger partial charge >= 0.3 is 0 Å². The maximum atomic E-state index is 5.31. The molecule has 4 nitrogen and oxygen atoms in total. The second-order valence-electron chi connectivity index (χ2n) is 4.41. The third-order valence-corrected chi connectivity index (χ3v) is 2.62. The maximum absolute atomic E-state index is 5.31. The molecule has 0 aliphatic carbocycles. The summed E-state index contributed by atoms with van der Waals surface area (Å²) >= 11 is 0. The fourth-order valence-corrected chi connectivity index (χ4v) is 1.50. The molecule has 0 radical (unpaired) electrons.